The van der Waals surface area contributed by atoms with Crippen molar-refractivity contribution < 1.29 is 14.8 Å². The molecule has 1 aliphatic rings. The van der Waals surface area contributed by atoms with Gasteiger partial charge >= 0.3 is 0 Å². The number of nitro benzene ring substituents is 1. The second-order valence-corrected chi connectivity index (χ2v) is 5.67. The lowest BCUT2D eigenvalue weighted by atomic mass is 10.1. The number of non-ortho nitro benzene ring substituents is 1. The molecule has 0 radical (unpaired) electrons. The Morgan fingerprint density at radius 1 is 1.35 bits per heavy atom. The molecule has 2 rings (SSSR count). The monoisotopic (exact) mass is 321 g/mol. The van der Waals surface area contributed by atoms with Crippen LogP contribution in [0.2, 0.25) is 0 Å². The van der Waals surface area contributed by atoms with Gasteiger partial charge in [-0.3, -0.25) is 14.9 Å². The lowest BCUT2D eigenvalue weighted by molar-refractivity contribution is -0.384. The van der Waals surface area contributed by atoms with Crippen molar-refractivity contribution >= 4 is 17.3 Å². The third-order valence-corrected chi connectivity index (χ3v) is 4.02. The van der Waals surface area contributed by atoms with Gasteiger partial charge in [-0.2, -0.15) is 0 Å². The van der Waals surface area contributed by atoms with Gasteiger partial charge in [0.25, 0.3) is 11.6 Å². The molecule has 23 heavy (non-hydrogen) atoms. The van der Waals surface area contributed by atoms with Crippen LogP contribution in [0.5, 0.6) is 0 Å². The first-order valence-electron chi connectivity index (χ1n) is 8.02. The molecule has 1 fully saturated rings. The van der Waals surface area contributed by atoms with Crippen LogP contribution in [0.4, 0.5) is 11.4 Å². The number of hydrogen-bond acceptors (Lipinski definition) is 5. The van der Waals surface area contributed by atoms with Gasteiger partial charge in [0.1, 0.15) is 0 Å². The summed E-state index contributed by atoms with van der Waals surface area (Å²) in [5.74, 6) is -0.258. The number of hydrogen-bond donors (Lipinski definition) is 1. The van der Waals surface area contributed by atoms with Crippen LogP contribution in [0.1, 0.15) is 36.5 Å². The van der Waals surface area contributed by atoms with Crippen molar-refractivity contribution in [1.82, 2.24) is 4.90 Å². The van der Waals surface area contributed by atoms with Crippen molar-refractivity contribution in [2.75, 3.05) is 37.7 Å². The Hall–Kier alpha value is -2.15. The van der Waals surface area contributed by atoms with E-state index in [4.69, 9.17) is 0 Å². The fourth-order valence-corrected chi connectivity index (χ4v) is 2.92. The van der Waals surface area contributed by atoms with Gasteiger partial charge in [0.15, 0.2) is 0 Å². The highest BCUT2D eigenvalue weighted by Gasteiger charge is 2.25. The van der Waals surface area contributed by atoms with Crippen molar-refractivity contribution in [2.24, 2.45) is 0 Å². The van der Waals surface area contributed by atoms with Gasteiger partial charge in [-0.1, -0.05) is 6.92 Å². The van der Waals surface area contributed by atoms with Crippen LogP contribution < -0.4 is 4.90 Å². The van der Waals surface area contributed by atoms with Crippen LogP contribution in [-0.2, 0) is 0 Å². The van der Waals surface area contributed by atoms with Crippen molar-refractivity contribution in [1.29, 1.82) is 0 Å². The molecular weight excluding hydrogens is 298 g/mol. The quantitative estimate of drug-likeness (QED) is 0.613. The van der Waals surface area contributed by atoms with Gasteiger partial charge in [-0.05, 0) is 25.3 Å². The molecule has 1 amide bonds. The van der Waals surface area contributed by atoms with Gasteiger partial charge in [0, 0.05) is 38.3 Å². The Morgan fingerprint density at radius 3 is 2.61 bits per heavy atom. The Labute approximate surface area is 135 Å². The van der Waals surface area contributed by atoms with Crippen LogP contribution in [0.25, 0.3) is 0 Å². The summed E-state index contributed by atoms with van der Waals surface area (Å²) in [7, 11) is 0. The molecule has 0 spiro atoms. The Bertz CT molecular complexity index is 564. The molecule has 1 aliphatic heterocycles. The third-order valence-electron chi connectivity index (χ3n) is 4.02. The van der Waals surface area contributed by atoms with Crippen LogP contribution in [0, 0.1) is 10.1 Å². The topological polar surface area (TPSA) is 86.9 Å². The first-order valence-corrected chi connectivity index (χ1v) is 8.02. The summed E-state index contributed by atoms with van der Waals surface area (Å²) in [6, 6.07) is 4.47. The second kappa shape index (κ2) is 7.92. The van der Waals surface area contributed by atoms with Crippen LogP contribution in [0.3, 0.4) is 0 Å². The van der Waals surface area contributed by atoms with Crippen molar-refractivity contribution in [3.05, 3.63) is 33.9 Å². The summed E-state index contributed by atoms with van der Waals surface area (Å²) in [5.41, 5.74) is 1.01. The molecule has 7 heteroatoms. The van der Waals surface area contributed by atoms with E-state index in [0.717, 1.165) is 38.0 Å². The van der Waals surface area contributed by atoms with Gasteiger partial charge in [-0.15, -0.1) is 0 Å². The average molecular weight is 321 g/mol. The lowest BCUT2D eigenvalue weighted by Crippen LogP contribution is -2.35. The van der Waals surface area contributed by atoms with E-state index in [2.05, 4.69) is 4.90 Å². The van der Waals surface area contributed by atoms with Crippen LogP contribution in [0.15, 0.2) is 18.2 Å². The fraction of sp³-hybridized carbons (Fsp3) is 0.562. The zero-order chi connectivity index (χ0) is 16.8. The summed E-state index contributed by atoms with van der Waals surface area (Å²) >= 11 is 0. The number of benzene rings is 1. The zero-order valence-electron chi connectivity index (χ0n) is 13.4. The van der Waals surface area contributed by atoms with Crippen molar-refractivity contribution in [3.63, 3.8) is 0 Å². The maximum Gasteiger partial charge on any atom is 0.270 e. The molecule has 126 valence electrons. The van der Waals surface area contributed by atoms with Gasteiger partial charge < -0.3 is 14.9 Å². The zero-order valence-corrected chi connectivity index (χ0v) is 13.4. The predicted molar refractivity (Wildman–Crippen MR) is 87.8 cm³/mol. The number of nitrogens with zero attached hydrogens (tertiary/aromatic N) is 3. The first-order chi connectivity index (χ1) is 11.1. The van der Waals surface area contributed by atoms with Crippen LogP contribution in [-0.4, -0.2) is 53.6 Å². The number of nitro groups is 1. The molecule has 1 N–H and O–H groups in total. The standard InChI is InChI=1S/C16H23N3O4/c1-2-7-18(10-11-20)16(21)14-12-13(19(22)23)5-6-15(14)17-8-3-4-9-17/h5-6,12,20H,2-4,7-11H2,1H3. The van der Waals surface area contributed by atoms with Crippen molar-refractivity contribution in [3.8, 4) is 0 Å². The number of carbonyl (C=O) groups excluding carboxylic acids is 1. The van der Waals surface area contributed by atoms with E-state index in [-0.39, 0.29) is 24.7 Å². The van der Waals surface area contributed by atoms with Crippen LogP contribution >= 0.6 is 0 Å². The predicted octanol–water partition coefficient (Wildman–Crippen LogP) is 2.04. The maximum absolute atomic E-state index is 12.8. The SMILES string of the molecule is CCCN(CCO)C(=O)c1cc([N+](=O)[O-])ccc1N1CCCC1. The number of carbonyl (C=O) groups is 1. The molecule has 0 saturated carbocycles. The Kier molecular flexibility index (Phi) is 5.92. The normalized spacial score (nSPS) is 14.1. The van der Waals surface area contributed by atoms with Crippen molar-refractivity contribution in [2.45, 2.75) is 26.2 Å². The Morgan fingerprint density at radius 2 is 2.04 bits per heavy atom. The highest BCUT2D eigenvalue weighted by atomic mass is 16.6. The fourth-order valence-electron chi connectivity index (χ4n) is 2.92. The number of aliphatic hydroxyl groups excluding tert-OH is 1. The molecule has 1 aromatic rings. The first kappa shape index (κ1) is 17.2. The maximum atomic E-state index is 12.8. The number of aliphatic hydroxyl groups is 1. The Balaban J connectivity index is 2.40. The molecule has 0 aliphatic carbocycles. The van der Waals surface area contributed by atoms with E-state index in [0.29, 0.717) is 12.1 Å². The highest BCUT2D eigenvalue weighted by molar-refractivity contribution is 6.00. The summed E-state index contributed by atoms with van der Waals surface area (Å²) in [5, 5.41) is 20.2. The van der Waals surface area contributed by atoms with E-state index in [9.17, 15) is 20.0 Å². The molecule has 1 aromatic carbocycles. The second-order valence-electron chi connectivity index (χ2n) is 5.67. The van der Waals surface area contributed by atoms with E-state index in [1.54, 1.807) is 11.0 Å². The van der Waals surface area contributed by atoms with Gasteiger partial charge in [-0.25, -0.2) is 0 Å². The number of amides is 1. The van der Waals surface area contributed by atoms with E-state index >= 15 is 0 Å². The summed E-state index contributed by atoms with van der Waals surface area (Å²) in [6.07, 6.45) is 2.87. The van der Waals surface area contributed by atoms with Gasteiger partial charge in [0.05, 0.1) is 22.8 Å². The molecule has 7 nitrogen and oxygen atoms in total. The summed E-state index contributed by atoms with van der Waals surface area (Å²) in [6.45, 7) is 4.28. The lowest BCUT2D eigenvalue weighted by Gasteiger charge is -2.25. The van der Waals surface area contributed by atoms with E-state index in [1.165, 1.54) is 12.1 Å². The molecule has 0 unspecified atom stereocenters. The number of rotatable bonds is 7. The molecule has 0 bridgehead atoms. The smallest absolute Gasteiger partial charge is 0.270 e. The molecule has 1 heterocycles. The van der Waals surface area contributed by atoms with Gasteiger partial charge in [0.2, 0.25) is 0 Å². The van der Waals surface area contributed by atoms with E-state index in [1.807, 2.05) is 6.92 Å². The largest absolute Gasteiger partial charge is 0.395 e. The summed E-state index contributed by atoms with van der Waals surface area (Å²) in [4.78, 5) is 27.1. The molecule has 1 saturated heterocycles. The number of anilines is 1. The summed E-state index contributed by atoms with van der Waals surface area (Å²) < 4.78 is 0. The molecular formula is C16H23N3O4. The van der Waals surface area contributed by atoms with E-state index < -0.39 is 4.92 Å². The minimum absolute atomic E-state index is 0.0863. The molecule has 0 atom stereocenters. The third kappa shape index (κ3) is 3.98. The minimum atomic E-state index is -0.485. The highest BCUT2D eigenvalue weighted by Crippen LogP contribution is 2.29. The minimum Gasteiger partial charge on any atom is -0.395 e. The molecule has 0 aromatic heterocycles. The average Bonchev–Trinajstić information content (AvgIpc) is 3.07.